The first-order chi connectivity index (χ1) is 9.99. The molecule has 0 saturated heterocycles. The number of amides is 2. The molecule has 0 radical (unpaired) electrons. The highest BCUT2D eigenvalue weighted by Gasteiger charge is 2.14. The van der Waals surface area contributed by atoms with Crippen molar-refractivity contribution < 1.29 is 9.90 Å². The molecule has 1 atom stereocenters. The van der Waals surface area contributed by atoms with Gasteiger partial charge in [0, 0.05) is 11.4 Å². The van der Waals surface area contributed by atoms with Crippen molar-refractivity contribution in [1.82, 2.24) is 15.2 Å². The number of anilines is 1. The van der Waals surface area contributed by atoms with Crippen molar-refractivity contribution >= 4 is 22.5 Å². The molecule has 0 aliphatic rings. The van der Waals surface area contributed by atoms with Crippen LogP contribution in [0.5, 0.6) is 0 Å². The van der Waals surface area contributed by atoms with Crippen LogP contribution in [0.15, 0.2) is 0 Å². The summed E-state index contributed by atoms with van der Waals surface area (Å²) in [6, 6.07) is -0.560. The van der Waals surface area contributed by atoms with Crippen molar-refractivity contribution in [2.24, 2.45) is 0 Å². The zero-order chi connectivity index (χ0) is 15.8. The third kappa shape index (κ3) is 5.99. The molecule has 21 heavy (non-hydrogen) atoms. The molecule has 3 N–H and O–H groups in total. The third-order valence-electron chi connectivity index (χ3n) is 3.49. The van der Waals surface area contributed by atoms with Crippen molar-refractivity contribution in [1.29, 1.82) is 0 Å². The molecule has 6 nitrogen and oxygen atoms in total. The minimum atomic E-state index is -0.317. The second kappa shape index (κ2) is 8.96. The van der Waals surface area contributed by atoms with Crippen LogP contribution >= 0.6 is 11.3 Å². The van der Waals surface area contributed by atoms with Gasteiger partial charge in [0.25, 0.3) is 0 Å². The average molecular weight is 314 g/mol. The van der Waals surface area contributed by atoms with E-state index < -0.39 is 0 Å². The van der Waals surface area contributed by atoms with Gasteiger partial charge in [-0.25, -0.2) is 9.78 Å². The lowest BCUT2D eigenvalue weighted by Crippen LogP contribution is -2.42. The van der Waals surface area contributed by atoms with Gasteiger partial charge in [-0.1, -0.05) is 13.8 Å². The van der Waals surface area contributed by atoms with E-state index in [4.69, 9.17) is 0 Å². The Bertz CT molecular complexity index is 427. The van der Waals surface area contributed by atoms with Gasteiger partial charge < -0.3 is 15.3 Å². The van der Waals surface area contributed by atoms with Gasteiger partial charge in [0.15, 0.2) is 5.13 Å². The van der Waals surface area contributed by atoms with Gasteiger partial charge in [-0.15, -0.1) is 11.3 Å². The largest absolute Gasteiger partial charge is 0.394 e. The van der Waals surface area contributed by atoms with Gasteiger partial charge in [0.1, 0.15) is 0 Å². The quantitative estimate of drug-likeness (QED) is 0.685. The normalized spacial score (nSPS) is 12.5. The molecule has 0 fully saturated rings. The number of rotatable bonds is 8. The van der Waals surface area contributed by atoms with E-state index in [-0.39, 0.29) is 18.7 Å². The van der Waals surface area contributed by atoms with Crippen LogP contribution in [0, 0.1) is 13.8 Å². The lowest BCUT2D eigenvalue weighted by atomic mass is 10.2. The first-order valence-corrected chi connectivity index (χ1v) is 8.16. The summed E-state index contributed by atoms with van der Waals surface area (Å²) in [4.78, 5) is 19.5. The molecule has 1 aromatic rings. The molecule has 1 rings (SSSR count). The monoisotopic (exact) mass is 314 g/mol. The van der Waals surface area contributed by atoms with Crippen LogP contribution in [-0.2, 0) is 0 Å². The molecular weight excluding hydrogens is 288 g/mol. The molecule has 1 heterocycles. The summed E-state index contributed by atoms with van der Waals surface area (Å²) >= 11 is 1.45. The standard InChI is InChI=1S/C14H26N4O2S/c1-5-18(6-2)8-7-12(9-19)16-13(20)17-14-15-10(3)11(4)21-14/h12,19H,5-9H2,1-4H3,(H2,15,16,17,20). The Morgan fingerprint density at radius 2 is 2.05 bits per heavy atom. The SMILES string of the molecule is CCN(CC)CCC(CO)NC(=O)Nc1nc(C)c(C)s1. The Kier molecular flexibility index (Phi) is 7.63. The highest BCUT2D eigenvalue weighted by Crippen LogP contribution is 2.20. The average Bonchev–Trinajstić information content (AvgIpc) is 2.76. The fourth-order valence-electron chi connectivity index (χ4n) is 1.93. The molecule has 7 heteroatoms. The number of aliphatic hydroxyl groups is 1. The molecule has 0 aliphatic carbocycles. The number of aryl methyl sites for hydroxylation is 2. The van der Waals surface area contributed by atoms with E-state index in [0.717, 1.165) is 36.6 Å². The number of hydrogen-bond acceptors (Lipinski definition) is 5. The number of thiazole rings is 1. The van der Waals surface area contributed by atoms with E-state index in [1.807, 2.05) is 13.8 Å². The Morgan fingerprint density at radius 1 is 1.38 bits per heavy atom. The third-order valence-corrected chi connectivity index (χ3v) is 4.48. The van der Waals surface area contributed by atoms with E-state index in [2.05, 4.69) is 34.4 Å². The minimum Gasteiger partial charge on any atom is -0.394 e. The van der Waals surface area contributed by atoms with Crippen molar-refractivity contribution in [2.45, 2.75) is 40.2 Å². The molecule has 2 amide bonds. The Labute approximate surface area is 130 Å². The van der Waals surface area contributed by atoms with E-state index in [0.29, 0.717) is 5.13 Å². The van der Waals surface area contributed by atoms with Crippen LogP contribution in [0.1, 0.15) is 30.8 Å². The molecule has 0 spiro atoms. The number of aliphatic hydroxyl groups excluding tert-OH is 1. The number of carbonyl (C=O) groups is 1. The predicted octanol–water partition coefficient (Wildman–Crippen LogP) is 1.97. The fourth-order valence-corrected chi connectivity index (χ4v) is 2.74. The van der Waals surface area contributed by atoms with E-state index >= 15 is 0 Å². The summed E-state index contributed by atoms with van der Waals surface area (Å²) in [5.41, 5.74) is 0.926. The second-order valence-electron chi connectivity index (χ2n) is 4.95. The molecule has 1 unspecified atom stereocenters. The number of carbonyl (C=O) groups excluding carboxylic acids is 1. The van der Waals surface area contributed by atoms with Crippen LogP contribution in [0.2, 0.25) is 0 Å². The maximum Gasteiger partial charge on any atom is 0.321 e. The summed E-state index contributed by atoms with van der Waals surface area (Å²) in [7, 11) is 0. The van der Waals surface area contributed by atoms with Crippen LogP contribution in [0.3, 0.4) is 0 Å². The number of nitrogens with zero attached hydrogens (tertiary/aromatic N) is 2. The molecule has 0 bridgehead atoms. The minimum absolute atomic E-state index is 0.0649. The Balaban J connectivity index is 2.43. The van der Waals surface area contributed by atoms with Crippen molar-refractivity contribution in [3.8, 4) is 0 Å². The van der Waals surface area contributed by atoms with E-state index in [9.17, 15) is 9.90 Å². The first kappa shape index (κ1) is 17.9. The molecule has 0 saturated carbocycles. The lowest BCUT2D eigenvalue weighted by molar-refractivity contribution is 0.206. The maximum absolute atomic E-state index is 11.9. The van der Waals surface area contributed by atoms with Gasteiger partial charge in [-0.05, 0) is 33.4 Å². The zero-order valence-electron chi connectivity index (χ0n) is 13.3. The Morgan fingerprint density at radius 3 is 2.52 bits per heavy atom. The molecular formula is C14H26N4O2S. The van der Waals surface area contributed by atoms with Crippen molar-refractivity contribution in [2.75, 3.05) is 31.6 Å². The van der Waals surface area contributed by atoms with E-state index in [1.54, 1.807) is 0 Å². The zero-order valence-corrected chi connectivity index (χ0v) is 14.1. The lowest BCUT2D eigenvalue weighted by Gasteiger charge is -2.22. The number of urea groups is 1. The van der Waals surface area contributed by atoms with Gasteiger partial charge >= 0.3 is 6.03 Å². The fraction of sp³-hybridized carbons (Fsp3) is 0.714. The number of nitrogens with one attached hydrogen (secondary N) is 2. The van der Waals surface area contributed by atoms with Crippen molar-refractivity contribution in [3.05, 3.63) is 10.6 Å². The number of hydrogen-bond donors (Lipinski definition) is 3. The maximum atomic E-state index is 11.9. The van der Waals surface area contributed by atoms with Gasteiger partial charge in [-0.2, -0.15) is 0 Å². The number of aromatic nitrogens is 1. The Hall–Kier alpha value is -1.18. The van der Waals surface area contributed by atoms with Gasteiger partial charge in [0.05, 0.1) is 18.3 Å². The summed E-state index contributed by atoms with van der Waals surface area (Å²) in [5, 5.41) is 15.5. The van der Waals surface area contributed by atoms with Gasteiger partial charge in [0.2, 0.25) is 0 Å². The summed E-state index contributed by atoms with van der Waals surface area (Å²) < 4.78 is 0. The summed E-state index contributed by atoms with van der Waals surface area (Å²) in [6.07, 6.45) is 0.724. The topological polar surface area (TPSA) is 77.5 Å². The van der Waals surface area contributed by atoms with Crippen LogP contribution < -0.4 is 10.6 Å². The van der Waals surface area contributed by atoms with E-state index in [1.165, 1.54) is 11.3 Å². The summed E-state index contributed by atoms with van der Waals surface area (Å²) in [5.74, 6) is 0. The van der Waals surface area contributed by atoms with Crippen LogP contribution in [0.25, 0.3) is 0 Å². The second-order valence-corrected chi connectivity index (χ2v) is 6.16. The highest BCUT2D eigenvalue weighted by atomic mass is 32.1. The van der Waals surface area contributed by atoms with Gasteiger partial charge in [-0.3, -0.25) is 5.32 Å². The smallest absolute Gasteiger partial charge is 0.321 e. The molecule has 1 aromatic heterocycles. The first-order valence-electron chi connectivity index (χ1n) is 7.34. The molecule has 0 aromatic carbocycles. The highest BCUT2D eigenvalue weighted by molar-refractivity contribution is 7.15. The molecule has 0 aliphatic heterocycles. The summed E-state index contributed by atoms with van der Waals surface area (Å²) in [6.45, 7) is 10.8. The predicted molar refractivity (Wildman–Crippen MR) is 87.0 cm³/mol. The van der Waals surface area contributed by atoms with Crippen LogP contribution in [-0.4, -0.2) is 53.3 Å². The van der Waals surface area contributed by atoms with Crippen molar-refractivity contribution in [3.63, 3.8) is 0 Å². The van der Waals surface area contributed by atoms with Crippen LogP contribution in [0.4, 0.5) is 9.93 Å². The molecule has 120 valence electrons.